The summed E-state index contributed by atoms with van der Waals surface area (Å²) < 4.78 is 0. The van der Waals surface area contributed by atoms with Crippen LogP contribution in [0.5, 0.6) is 0 Å². The van der Waals surface area contributed by atoms with E-state index < -0.39 is 0 Å². The minimum atomic E-state index is 0.461. The number of H-pyrrole nitrogens is 1. The zero-order chi connectivity index (χ0) is 25.4. The fraction of sp³-hybridized carbons (Fsp3) is 0.419. The average molecular weight is 469 g/mol. The van der Waals surface area contributed by atoms with Crippen LogP contribution in [-0.2, 0) is 6.54 Å². The highest BCUT2D eigenvalue weighted by molar-refractivity contribution is 5.92. The molecule has 184 valence electrons. The second-order valence-corrected chi connectivity index (χ2v) is 9.88. The molecule has 3 aromatic rings. The maximum atomic E-state index is 4.39. The fourth-order valence-corrected chi connectivity index (χ4v) is 5.11. The molecule has 4 rings (SSSR count). The Hall–Kier alpha value is -3.16. The molecule has 3 heterocycles. The number of rotatable bonds is 7. The van der Waals surface area contributed by atoms with Crippen LogP contribution in [0.3, 0.4) is 0 Å². The second-order valence-electron chi connectivity index (χ2n) is 9.88. The van der Waals surface area contributed by atoms with Crippen molar-refractivity contribution in [3.05, 3.63) is 77.0 Å². The minimum Gasteiger partial charge on any atom is -0.354 e. The molecular formula is C31H40N4. The van der Waals surface area contributed by atoms with Gasteiger partial charge in [-0.05, 0) is 92.9 Å². The lowest BCUT2D eigenvalue weighted by atomic mass is 9.87. The molecule has 1 N–H and O–H groups in total. The van der Waals surface area contributed by atoms with Gasteiger partial charge in [-0.25, -0.2) is 9.97 Å². The Morgan fingerprint density at radius 3 is 2.43 bits per heavy atom. The third-order valence-electron chi connectivity index (χ3n) is 6.64. The summed E-state index contributed by atoms with van der Waals surface area (Å²) in [7, 11) is 0. The van der Waals surface area contributed by atoms with Crippen LogP contribution < -0.4 is 0 Å². The molecule has 0 aliphatic carbocycles. The minimum absolute atomic E-state index is 0.461. The van der Waals surface area contributed by atoms with E-state index in [0.717, 1.165) is 31.9 Å². The van der Waals surface area contributed by atoms with Gasteiger partial charge in [0, 0.05) is 29.0 Å². The number of hydrogen-bond donors (Lipinski definition) is 1. The smallest absolute Gasteiger partial charge is 0.142 e. The Bertz CT molecular complexity index is 1170. The van der Waals surface area contributed by atoms with Crippen molar-refractivity contribution in [1.82, 2.24) is 19.9 Å². The lowest BCUT2D eigenvalue weighted by Gasteiger charge is -2.31. The van der Waals surface area contributed by atoms with Crippen molar-refractivity contribution in [3.63, 3.8) is 0 Å². The van der Waals surface area contributed by atoms with E-state index in [1.165, 1.54) is 51.7 Å². The monoisotopic (exact) mass is 468 g/mol. The predicted molar refractivity (Wildman–Crippen MR) is 149 cm³/mol. The van der Waals surface area contributed by atoms with Crippen LogP contribution in [0.15, 0.2) is 54.4 Å². The molecule has 1 aliphatic heterocycles. The number of nitrogens with zero attached hydrogens (tertiary/aromatic N) is 3. The van der Waals surface area contributed by atoms with Crippen molar-refractivity contribution < 1.29 is 0 Å². The van der Waals surface area contributed by atoms with Crippen molar-refractivity contribution in [2.24, 2.45) is 0 Å². The molecule has 0 saturated carbocycles. The summed E-state index contributed by atoms with van der Waals surface area (Å²) in [6, 6.07) is 9.00. The molecule has 4 nitrogen and oxygen atoms in total. The summed E-state index contributed by atoms with van der Waals surface area (Å²) in [5.74, 6) is 2.00. The van der Waals surface area contributed by atoms with Gasteiger partial charge in [0.2, 0.25) is 0 Å². The number of piperidine rings is 1. The maximum absolute atomic E-state index is 4.39. The molecule has 0 amide bonds. The van der Waals surface area contributed by atoms with E-state index in [0.29, 0.717) is 11.8 Å². The molecule has 1 aromatic carbocycles. The molecule has 1 fully saturated rings. The van der Waals surface area contributed by atoms with Gasteiger partial charge < -0.3 is 4.98 Å². The molecular weight excluding hydrogens is 428 g/mol. The predicted octanol–water partition coefficient (Wildman–Crippen LogP) is 7.47. The molecule has 0 unspecified atom stereocenters. The van der Waals surface area contributed by atoms with E-state index >= 15 is 0 Å². The van der Waals surface area contributed by atoms with Gasteiger partial charge in [0.1, 0.15) is 5.82 Å². The van der Waals surface area contributed by atoms with Crippen LogP contribution in [0.4, 0.5) is 0 Å². The largest absolute Gasteiger partial charge is 0.354 e. The van der Waals surface area contributed by atoms with E-state index in [2.05, 4.69) is 97.7 Å². The quantitative estimate of drug-likeness (QED) is 0.289. The van der Waals surface area contributed by atoms with Gasteiger partial charge in [-0.2, -0.15) is 0 Å². The van der Waals surface area contributed by atoms with Crippen LogP contribution in [0.1, 0.15) is 88.4 Å². The van der Waals surface area contributed by atoms with Gasteiger partial charge >= 0.3 is 0 Å². The van der Waals surface area contributed by atoms with E-state index in [4.69, 9.17) is 0 Å². The third kappa shape index (κ3) is 6.50. The van der Waals surface area contributed by atoms with Crippen molar-refractivity contribution in [3.8, 4) is 12.8 Å². The van der Waals surface area contributed by atoms with Gasteiger partial charge in [-0.15, -0.1) is 12.8 Å². The number of allylic oxidation sites excluding steroid dienone is 4. The molecule has 0 radical (unpaired) electrons. The zero-order valence-corrected chi connectivity index (χ0v) is 22.0. The SMILES string of the molecule is C#C.CC/C=C(\C=C(C)C)c1[nH]c2ccc(C3CCN(Cc4ncccn4)CC3)cc2c1C(C)C. The number of aromatic amines is 1. The van der Waals surface area contributed by atoms with Gasteiger partial charge in [0.15, 0.2) is 0 Å². The normalized spacial score (nSPS) is 15.1. The Labute approximate surface area is 211 Å². The number of nitrogens with one attached hydrogen (secondary N) is 1. The Balaban J connectivity index is 0.00000167. The van der Waals surface area contributed by atoms with Crippen LogP contribution in [0.25, 0.3) is 16.5 Å². The summed E-state index contributed by atoms with van der Waals surface area (Å²) in [6.07, 6.45) is 19.7. The number of benzene rings is 1. The summed E-state index contributed by atoms with van der Waals surface area (Å²) >= 11 is 0. The van der Waals surface area contributed by atoms with E-state index in [-0.39, 0.29) is 0 Å². The van der Waals surface area contributed by atoms with E-state index in [9.17, 15) is 0 Å². The first-order valence-electron chi connectivity index (χ1n) is 12.8. The molecule has 1 saturated heterocycles. The van der Waals surface area contributed by atoms with Crippen LogP contribution in [-0.4, -0.2) is 32.9 Å². The fourth-order valence-electron chi connectivity index (χ4n) is 5.11. The van der Waals surface area contributed by atoms with Crippen molar-refractivity contribution in [2.75, 3.05) is 13.1 Å². The standard InChI is InChI=1S/C29H38N4.C2H2/c1-6-8-24(17-20(2)3)29-28(21(4)5)25-18-23(9-10-26(25)32-29)22-11-15-33(16-12-22)19-27-30-13-7-14-31-27;1-2/h7-10,13-14,17-18,21-22,32H,6,11-12,15-16,19H2,1-5H3;1-2H/b24-8+;. The lowest BCUT2D eigenvalue weighted by Crippen LogP contribution is -2.33. The van der Waals surface area contributed by atoms with Crippen molar-refractivity contribution >= 4 is 16.5 Å². The molecule has 35 heavy (non-hydrogen) atoms. The zero-order valence-electron chi connectivity index (χ0n) is 22.0. The summed E-state index contributed by atoms with van der Waals surface area (Å²) in [4.78, 5) is 15.0. The van der Waals surface area contributed by atoms with Gasteiger partial charge in [-0.3, -0.25) is 4.90 Å². The first-order valence-corrected chi connectivity index (χ1v) is 12.8. The van der Waals surface area contributed by atoms with E-state index in [1.807, 2.05) is 18.5 Å². The summed E-state index contributed by atoms with van der Waals surface area (Å²) in [5.41, 5.74) is 8.11. The number of hydrogen-bond acceptors (Lipinski definition) is 3. The molecule has 0 atom stereocenters. The number of likely N-dealkylation sites (tertiary alicyclic amines) is 1. The molecule has 2 aromatic heterocycles. The number of fused-ring (bicyclic) bond motifs is 1. The first kappa shape index (κ1) is 26.4. The number of aromatic nitrogens is 3. The lowest BCUT2D eigenvalue weighted by molar-refractivity contribution is 0.200. The Morgan fingerprint density at radius 1 is 1.14 bits per heavy atom. The van der Waals surface area contributed by atoms with Gasteiger partial charge in [0.25, 0.3) is 0 Å². The number of terminal acetylenes is 1. The Morgan fingerprint density at radius 2 is 1.83 bits per heavy atom. The summed E-state index contributed by atoms with van der Waals surface area (Å²) in [6.45, 7) is 14.2. The maximum Gasteiger partial charge on any atom is 0.142 e. The molecule has 0 bridgehead atoms. The second kappa shape index (κ2) is 12.5. The van der Waals surface area contributed by atoms with Crippen molar-refractivity contribution in [1.29, 1.82) is 0 Å². The highest BCUT2D eigenvalue weighted by atomic mass is 15.1. The van der Waals surface area contributed by atoms with Crippen LogP contribution >= 0.6 is 0 Å². The van der Waals surface area contributed by atoms with E-state index in [1.54, 1.807) is 0 Å². The van der Waals surface area contributed by atoms with Gasteiger partial charge in [0.05, 0.1) is 6.54 Å². The van der Waals surface area contributed by atoms with Gasteiger partial charge in [-0.1, -0.05) is 44.6 Å². The topological polar surface area (TPSA) is 44.8 Å². The molecule has 4 heteroatoms. The van der Waals surface area contributed by atoms with Crippen LogP contribution in [0, 0.1) is 12.8 Å². The first-order chi connectivity index (χ1) is 17.0. The third-order valence-corrected chi connectivity index (χ3v) is 6.64. The summed E-state index contributed by atoms with van der Waals surface area (Å²) in [5, 5.41) is 1.39. The highest BCUT2D eigenvalue weighted by Gasteiger charge is 2.23. The average Bonchev–Trinajstić information content (AvgIpc) is 3.25. The highest BCUT2D eigenvalue weighted by Crippen LogP contribution is 2.37. The Kier molecular flexibility index (Phi) is 9.46. The van der Waals surface area contributed by atoms with Crippen LogP contribution in [0.2, 0.25) is 0 Å². The molecule has 1 aliphatic rings. The van der Waals surface area contributed by atoms with Crippen molar-refractivity contribution in [2.45, 2.75) is 72.3 Å². The molecule has 0 spiro atoms.